The van der Waals surface area contributed by atoms with Gasteiger partial charge in [0.25, 0.3) is 0 Å². The molecule has 1 aliphatic heterocycles. The van der Waals surface area contributed by atoms with Crippen LogP contribution in [0.3, 0.4) is 0 Å². The summed E-state index contributed by atoms with van der Waals surface area (Å²) in [5.74, 6) is 0.297. The Balaban J connectivity index is 2.34. The first-order chi connectivity index (χ1) is 9.02. The topological polar surface area (TPSA) is 67.5 Å². The molecule has 1 fully saturated rings. The van der Waals surface area contributed by atoms with Gasteiger partial charge in [0.1, 0.15) is 0 Å². The summed E-state index contributed by atoms with van der Waals surface area (Å²) in [5, 5.41) is 28.8. The van der Waals surface area contributed by atoms with Crippen molar-refractivity contribution in [3.63, 3.8) is 0 Å². The van der Waals surface area contributed by atoms with Crippen molar-refractivity contribution < 1.29 is 10.2 Å². The molecule has 0 radical (unpaired) electrons. The van der Waals surface area contributed by atoms with E-state index in [0.717, 1.165) is 24.2 Å². The average Bonchev–Trinajstić information content (AvgIpc) is 2.41. The third kappa shape index (κ3) is 2.89. The van der Waals surface area contributed by atoms with Gasteiger partial charge in [0.15, 0.2) is 0 Å². The van der Waals surface area contributed by atoms with Gasteiger partial charge >= 0.3 is 0 Å². The maximum atomic E-state index is 10.00. The van der Waals surface area contributed by atoms with Crippen molar-refractivity contribution in [2.75, 3.05) is 18.0 Å². The lowest BCUT2D eigenvalue weighted by molar-refractivity contribution is 0.102. The summed E-state index contributed by atoms with van der Waals surface area (Å²) in [6.07, 6.45) is -0.0300. The summed E-state index contributed by atoms with van der Waals surface area (Å²) in [7, 11) is 0. The van der Waals surface area contributed by atoms with Crippen LogP contribution in [0.1, 0.15) is 37.5 Å². The zero-order valence-corrected chi connectivity index (χ0v) is 11.4. The van der Waals surface area contributed by atoms with Crippen LogP contribution in [-0.2, 0) is 0 Å². The minimum Gasteiger partial charge on any atom is -0.391 e. The van der Waals surface area contributed by atoms with Crippen LogP contribution in [0.15, 0.2) is 18.2 Å². The normalized spacial score (nSPS) is 24.9. The second-order valence-corrected chi connectivity index (χ2v) is 5.34. The third-order valence-corrected chi connectivity index (χ3v) is 3.87. The molecule has 1 saturated heterocycles. The summed E-state index contributed by atoms with van der Waals surface area (Å²) in [6.45, 7) is 5.15. The lowest BCUT2D eigenvalue weighted by Crippen LogP contribution is -2.43. The Morgan fingerprint density at radius 2 is 2.21 bits per heavy atom. The third-order valence-electron chi connectivity index (χ3n) is 3.87. The monoisotopic (exact) mass is 260 g/mol. The Kier molecular flexibility index (Phi) is 4.08. The second kappa shape index (κ2) is 5.60. The second-order valence-electron chi connectivity index (χ2n) is 5.34. The van der Waals surface area contributed by atoms with E-state index in [4.69, 9.17) is 5.26 Å². The smallest absolute Gasteiger partial charge is 0.0992 e. The first-order valence-corrected chi connectivity index (χ1v) is 6.68. The van der Waals surface area contributed by atoms with Gasteiger partial charge in [-0.3, -0.25) is 0 Å². The maximum absolute atomic E-state index is 10.00. The summed E-state index contributed by atoms with van der Waals surface area (Å²) in [5.41, 5.74) is 2.24. The molecule has 2 N–H and O–H groups in total. The van der Waals surface area contributed by atoms with E-state index in [9.17, 15) is 10.2 Å². The molecule has 0 saturated carbocycles. The number of hydrogen-bond acceptors (Lipinski definition) is 4. The van der Waals surface area contributed by atoms with E-state index in [1.54, 1.807) is 25.1 Å². The van der Waals surface area contributed by atoms with Crippen molar-refractivity contribution in [3.8, 4) is 6.07 Å². The lowest BCUT2D eigenvalue weighted by Gasteiger charge is -2.37. The van der Waals surface area contributed by atoms with Crippen molar-refractivity contribution in [3.05, 3.63) is 29.3 Å². The number of β-amino-alcohol motifs (C(OH)–C–C–N with tert-alkyl or cyclic N) is 1. The fraction of sp³-hybridized carbons (Fsp3) is 0.533. The molecule has 0 amide bonds. The first-order valence-electron chi connectivity index (χ1n) is 6.68. The Morgan fingerprint density at radius 1 is 1.47 bits per heavy atom. The molecular weight excluding hydrogens is 240 g/mol. The highest BCUT2D eigenvalue weighted by Crippen LogP contribution is 2.31. The van der Waals surface area contributed by atoms with E-state index in [0.29, 0.717) is 18.0 Å². The van der Waals surface area contributed by atoms with Gasteiger partial charge < -0.3 is 15.1 Å². The van der Waals surface area contributed by atoms with Gasteiger partial charge in [0, 0.05) is 24.3 Å². The molecule has 102 valence electrons. The number of aliphatic hydroxyl groups excluding tert-OH is 2. The zero-order chi connectivity index (χ0) is 14.0. The SMILES string of the molecule is CC1CCN(c2cc(C#N)ccc2[C@H](C)O)CC1O. The van der Waals surface area contributed by atoms with E-state index in [2.05, 4.69) is 11.0 Å². The van der Waals surface area contributed by atoms with Crippen molar-refractivity contribution >= 4 is 5.69 Å². The largest absolute Gasteiger partial charge is 0.391 e. The van der Waals surface area contributed by atoms with E-state index in [1.165, 1.54) is 0 Å². The molecule has 3 atom stereocenters. The number of nitriles is 1. The highest BCUT2D eigenvalue weighted by atomic mass is 16.3. The number of hydrogen-bond donors (Lipinski definition) is 2. The van der Waals surface area contributed by atoms with Crippen LogP contribution in [-0.4, -0.2) is 29.4 Å². The Hall–Kier alpha value is -1.57. The predicted molar refractivity (Wildman–Crippen MR) is 73.8 cm³/mol. The molecule has 1 heterocycles. The molecule has 4 nitrogen and oxygen atoms in total. The fourth-order valence-corrected chi connectivity index (χ4v) is 2.51. The number of benzene rings is 1. The minimum atomic E-state index is -0.584. The first kappa shape index (κ1) is 13.9. The molecule has 4 heteroatoms. The molecule has 1 aromatic rings. The number of aliphatic hydroxyl groups is 2. The maximum Gasteiger partial charge on any atom is 0.0992 e. The summed E-state index contributed by atoms with van der Waals surface area (Å²) in [6, 6.07) is 7.43. The van der Waals surface area contributed by atoms with Gasteiger partial charge in [-0.25, -0.2) is 0 Å². The van der Waals surface area contributed by atoms with Gasteiger partial charge in [-0.1, -0.05) is 13.0 Å². The standard InChI is InChI=1S/C15H20N2O2/c1-10-5-6-17(9-15(10)19)14-7-12(8-16)3-4-13(14)11(2)18/h3-4,7,10-11,15,18-19H,5-6,9H2,1-2H3/t10?,11-,15?/m0/s1. The van der Waals surface area contributed by atoms with E-state index in [-0.39, 0.29) is 6.10 Å². The number of nitrogens with zero attached hydrogens (tertiary/aromatic N) is 2. The molecule has 0 bridgehead atoms. The highest BCUT2D eigenvalue weighted by molar-refractivity contribution is 5.59. The summed E-state index contributed by atoms with van der Waals surface area (Å²) >= 11 is 0. The van der Waals surface area contributed by atoms with Crippen LogP contribution in [0.2, 0.25) is 0 Å². The fourth-order valence-electron chi connectivity index (χ4n) is 2.51. The minimum absolute atomic E-state index is 0.297. The Morgan fingerprint density at radius 3 is 2.79 bits per heavy atom. The summed E-state index contributed by atoms with van der Waals surface area (Å²) < 4.78 is 0. The van der Waals surface area contributed by atoms with Crippen LogP contribution >= 0.6 is 0 Å². The highest BCUT2D eigenvalue weighted by Gasteiger charge is 2.26. The van der Waals surface area contributed by atoms with Crippen molar-refractivity contribution in [1.29, 1.82) is 5.26 Å². The van der Waals surface area contributed by atoms with Gasteiger partial charge in [-0.15, -0.1) is 0 Å². The van der Waals surface area contributed by atoms with Gasteiger partial charge in [0.05, 0.1) is 23.8 Å². The molecule has 1 aromatic carbocycles. The quantitative estimate of drug-likeness (QED) is 0.851. The molecular formula is C15H20N2O2. The van der Waals surface area contributed by atoms with Crippen LogP contribution in [0.5, 0.6) is 0 Å². The Bertz CT molecular complexity index is 493. The molecule has 0 aliphatic carbocycles. The van der Waals surface area contributed by atoms with Gasteiger partial charge in [-0.2, -0.15) is 5.26 Å². The lowest BCUT2D eigenvalue weighted by atomic mass is 9.94. The van der Waals surface area contributed by atoms with E-state index < -0.39 is 6.10 Å². The van der Waals surface area contributed by atoms with Crippen molar-refractivity contribution in [2.45, 2.75) is 32.5 Å². The molecule has 0 spiro atoms. The number of anilines is 1. The van der Waals surface area contributed by atoms with E-state index in [1.807, 2.05) is 6.92 Å². The van der Waals surface area contributed by atoms with E-state index >= 15 is 0 Å². The Labute approximate surface area is 113 Å². The molecule has 0 aromatic heterocycles. The van der Waals surface area contributed by atoms with Crippen molar-refractivity contribution in [1.82, 2.24) is 0 Å². The predicted octanol–water partition coefficient (Wildman–Crippen LogP) is 1.82. The molecule has 19 heavy (non-hydrogen) atoms. The van der Waals surface area contributed by atoms with Gasteiger partial charge in [0.2, 0.25) is 0 Å². The van der Waals surface area contributed by atoms with Crippen LogP contribution in [0, 0.1) is 17.2 Å². The van der Waals surface area contributed by atoms with Crippen LogP contribution in [0.25, 0.3) is 0 Å². The summed E-state index contributed by atoms with van der Waals surface area (Å²) in [4.78, 5) is 2.06. The zero-order valence-electron chi connectivity index (χ0n) is 11.4. The van der Waals surface area contributed by atoms with Crippen molar-refractivity contribution in [2.24, 2.45) is 5.92 Å². The number of rotatable bonds is 2. The molecule has 2 rings (SSSR count). The average molecular weight is 260 g/mol. The van der Waals surface area contributed by atoms with Crippen LogP contribution in [0.4, 0.5) is 5.69 Å². The van der Waals surface area contributed by atoms with Gasteiger partial charge in [-0.05, 0) is 31.4 Å². The van der Waals surface area contributed by atoms with Crippen LogP contribution < -0.4 is 4.90 Å². The number of piperidine rings is 1. The molecule has 1 aliphatic rings. The molecule has 2 unspecified atom stereocenters.